The zero-order chi connectivity index (χ0) is 33.6. The summed E-state index contributed by atoms with van der Waals surface area (Å²) in [4.78, 5) is 34.1. The average Bonchev–Trinajstić information content (AvgIpc) is 2.99. The molecule has 13 heteroatoms. The molecule has 0 spiro atoms. The summed E-state index contributed by atoms with van der Waals surface area (Å²) in [6.45, 7) is 10.6. The molecule has 0 bridgehead atoms. The number of carboxylic acid groups (broad SMARTS) is 1. The maximum absolute atomic E-state index is 14.9. The molecule has 0 saturated carbocycles. The first-order chi connectivity index (χ1) is 21.7. The van der Waals surface area contributed by atoms with Gasteiger partial charge in [0.25, 0.3) is 0 Å². The van der Waals surface area contributed by atoms with Gasteiger partial charge in [0.05, 0.1) is 55.6 Å². The van der Waals surface area contributed by atoms with Gasteiger partial charge in [0.15, 0.2) is 14.1 Å². The lowest BCUT2D eigenvalue weighted by Crippen LogP contribution is -2.55. The Balaban J connectivity index is 1.50. The first-order valence-corrected chi connectivity index (χ1v) is 17.6. The molecule has 1 aliphatic rings. The van der Waals surface area contributed by atoms with Crippen LogP contribution in [0.3, 0.4) is 0 Å². The van der Waals surface area contributed by atoms with Crippen LogP contribution in [0.15, 0.2) is 55.1 Å². The largest absolute Gasteiger partial charge is 0.465 e. The summed E-state index contributed by atoms with van der Waals surface area (Å²) >= 11 is 0. The number of nitrogens with zero attached hydrogens (tertiary/aromatic N) is 3. The number of amides is 2. The Morgan fingerprint density at radius 1 is 1.11 bits per heavy atom. The maximum atomic E-state index is 14.9. The molecule has 2 amide bonds. The molecule has 0 aliphatic carbocycles. The molecular weight excluding hydrogens is 617 g/mol. The van der Waals surface area contributed by atoms with Crippen LogP contribution in [0.1, 0.15) is 49.8 Å². The van der Waals surface area contributed by atoms with Gasteiger partial charge in [-0.25, -0.2) is 18.0 Å². The summed E-state index contributed by atoms with van der Waals surface area (Å²) in [5.74, 6) is 2.12. The Hall–Kier alpha value is -4.25. The van der Waals surface area contributed by atoms with Gasteiger partial charge in [-0.15, -0.1) is 0 Å². The van der Waals surface area contributed by atoms with Crippen molar-refractivity contribution in [2.45, 2.75) is 63.4 Å². The van der Waals surface area contributed by atoms with E-state index in [4.69, 9.17) is 9.16 Å². The number of nitrogens with one attached hydrogen (secondary N) is 1. The molecule has 1 aromatic carbocycles. The fourth-order valence-corrected chi connectivity index (χ4v) is 5.69. The molecular formula is C33H37F3N4O5Si. The van der Waals surface area contributed by atoms with Crippen molar-refractivity contribution < 1.29 is 37.0 Å². The summed E-state index contributed by atoms with van der Waals surface area (Å²) in [6, 6.07) is 6.26. The smallest absolute Gasteiger partial charge is 0.407 e. The molecule has 1 aliphatic heterocycles. The van der Waals surface area contributed by atoms with Gasteiger partial charge in [-0.3, -0.25) is 19.7 Å². The van der Waals surface area contributed by atoms with Gasteiger partial charge in [0, 0.05) is 18.5 Å². The van der Waals surface area contributed by atoms with E-state index in [1.165, 1.54) is 47.6 Å². The third-order valence-corrected chi connectivity index (χ3v) is 12.9. The van der Waals surface area contributed by atoms with Crippen molar-refractivity contribution >= 4 is 26.0 Å². The molecule has 2 N–H and O–H groups in total. The van der Waals surface area contributed by atoms with Crippen LogP contribution in [0, 0.1) is 29.3 Å². The number of rotatable bonds is 8. The molecule has 2 unspecified atom stereocenters. The molecule has 4 rings (SSSR count). The van der Waals surface area contributed by atoms with E-state index >= 15 is 0 Å². The molecule has 9 nitrogen and oxygen atoms in total. The summed E-state index contributed by atoms with van der Waals surface area (Å²) in [7, 11) is -2.13. The Bertz CT molecular complexity index is 1620. The van der Waals surface area contributed by atoms with Crippen molar-refractivity contribution in [2.24, 2.45) is 0 Å². The fourth-order valence-electron chi connectivity index (χ4n) is 4.65. The molecule has 3 heterocycles. The quantitative estimate of drug-likeness (QED) is 0.221. The SMILES string of the molecule is CC(C)(C)[Si](C)(C)OCC1COC(C#Cc2c(F)cncc2NC(=O)C[C@H](c2ccc(F)cc2)c2ccncc2F)CN1C(=O)O. The molecule has 1 saturated heterocycles. The summed E-state index contributed by atoms with van der Waals surface area (Å²) in [5, 5.41) is 12.4. The minimum atomic E-state index is -2.13. The number of carbonyl (C=O) groups excluding carboxylic acids is 1. The Kier molecular flexibility index (Phi) is 10.9. The van der Waals surface area contributed by atoms with Gasteiger partial charge in [-0.2, -0.15) is 0 Å². The predicted octanol–water partition coefficient (Wildman–Crippen LogP) is 6.18. The standard InChI is InChI=1S/C33H37F3N4O5Si/c1-33(2,3)46(4,5)45-20-23-19-44-24(18-40(23)32(42)43)10-11-26-29(36)16-38-17-30(26)39-31(41)14-27(21-6-8-22(34)9-7-21)25-12-13-37-15-28(25)35/h6-9,12-13,15-17,23-24,27H,14,18-20H2,1-5H3,(H,39,41)(H,42,43)/t23?,24?,27-/m1/s1. The number of aromatic nitrogens is 2. The number of anilines is 1. The van der Waals surface area contributed by atoms with Crippen molar-refractivity contribution in [3.63, 3.8) is 0 Å². The van der Waals surface area contributed by atoms with Crippen molar-refractivity contribution in [3.8, 4) is 11.8 Å². The van der Waals surface area contributed by atoms with Crippen LogP contribution in [0.25, 0.3) is 0 Å². The van der Waals surface area contributed by atoms with Crippen molar-refractivity contribution in [1.82, 2.24) is 14.9 Å². The summed E-state index contributed by atoms with van der Waals surface area (Å²) in [5.41, 5.74) is 0.465. The van der Waals surface area contributed by atoms with Gasteiger partial charge in [-0.1, -0.05) is 44.7 Å². The Morgan fingerprint density at radius 3 is 2.46 bits per heavy atom. The second-order valence-corrected chi connectivity index (χ2v) is 17.4. The Labute approximate surface area is 267 Å². The average molecular weight is 655 g/mol. The Morgan fingerprint density at radius 2 is 1.80 bits per heavy atom. The lowest BCUT2D eigenvalue weighted by molar-refractivity contribution is -0.116. The van der Waals surface area contributed by atoms with E-state index in [1.807, 2.05) is 0 Å². The molecule has 46 heavy (non-hydrogen) atoms. The van der Waals surface area contributed by atoms with E-state index in [0.29, 0.717) is 5.56 Å². The number of halogens is 3. The van der Waals surface area contributed by atoms with Crippen LogP contribution < -0.4 is 5.32 Å². The fraction of sp³-hybridized carbons (Fsp3) is 0.394. The highest BCUT2D eigenvalue weighted by atomic mass is 28.4. The van der Waals surface area contributed by atoms with Crippen LogP contribution >= 0.6 is 0 Å². The summed E-state index contributed by atoms with van der Waals surface area (Å²) < 4.78 is 55.3. The zero-order valence-electron chi connectivity index (χ0n) is 26.3. The van der Waals surface area contributed by atoms with Crippen molar-refractivity contribution in [2.75, 3.05) is 25.1 Å². The van der Waals surface area contributed by atoms with E-state index in [1.54, 1.807) is 0 Å². The first kappa shape index (κ1) is 34.6. The highest BCUT2D eigenvalue weighted by Gasteiger charge is 2.39. The number of hydrogen-bond donors (Lipinski definition) is 2. The number of morpholine rings is 1. The minimum Gasteiger partial charge on any atom is -0.465 e. The number of hydrogen-bond acceptors (Lipinski definition) is 6. The molecule has 3 aromatic rings. The van der Waals surface area contributed by atoms with Crippen LogP contribution in [0.2, 0.25) is 18.1 Å². The number of ether oxygens (including phenoxy) is 1. The van der Waals surface area contributed by atoms with Gasteiger partial charge < -0.3 is 19.6 Å². The number of pyridine rings is 2. The van der Waals surface area contributed by atoms with Gasteiger partial charge >= 0.3 is 6.09 Å². The normalized spacial score (nSPS) is 17.5. The topological polar surface area (TPSA) is 114 Å². The van der Waals surface area contributed by atoms with Gasteiger partial charge in [0.1, 0.15) is 17.7 Å². The van der Waals surface area contributed by atoms with E-state index in [9.17, 15) is 27.9 Å². The third kappa shape index (κ3) is 8.51. The number of carbonyl (C=O) groups is 2. The molecule has 3 atom stereocenters. The lowest BCUT2D eigenvalue weighted by Gasteiger charge is -2.41. The third-order valence-electron chi connectivity index (χ3n) is 8.35. The van der Waals surface area contributed by atoms with Crippen LogP contribution in [0.5, 0.6) is 0 Å². The predicted molar refractivity (Wildman–Crippen MR) is 168 cm³/mol. The van der Waals surface area contributed by atoms with Crippen LogP contribution in [0.4, 0.5) is 23.7 Å². The van der Waals surface area contributed by atoms with Gasteiger partial charge in [0.2, 0.25) is 5.91 Å². The highest BCUT2D eigenvalue weighted by Crippen LogP contribution is 2.37. The van der Waals surface area contributed by atoms with E-state index < -0.39 is 55.8 Å². The van der Waals surface area contributed by atoms with E-state index in [-0.39, 0.29) is 48.0 Å². The van der Waals surface area contributed by atoms with Crippen molar-refractivity contribution in [3.05, 3.63) is 89.3 Å². The molecule has 1 fully saturated rings. The summed E-state index contributed by atoms with van der Waals surface area (Å²) in [6.07, 6.45) is 2.29. The monoisotopic (exact) mass is 654 g/mol. The van der Waals surface area contributed by atoms with Crippen LogP contribution in [-0.4, -0.2) is 72.2 Å². The first-order valence-electron chi connectivity index (χ1n) is 14.7. The van der Waals surface area contributed by atoms with Gasteiger partial charge in [-0.05, 0) is 47.5 Å². The lowest BCUT2D eigenvalue weighted by atomic mass is 9.88. The highest BCUT2D eigenvalue weighted by molar-refractivity contribution is 6.74. The molecule has 2 aromatic heterocycles. The second kappa shape index (κ2) is 14.4. The zero-order valence-corrected chi connectivity index (χ0v) is 27.3. The minimum absolute atomic E-state index is 0.0305. The van der Waals surface area contributed by atoms with E-state index in [2.05, 4.69) is 61.0 Å². The van der Waals surface area contributed by atoms with Crippen molar-refractivity contribution in [1.29, 1.82) is 0 Å². The van der Waals surface area contributed by atoms with Crippen LogP contribution in [-0.2, 0) is 14.0 Å². The molecule has 244 valence electrons. The van der Waals surface area contributed by atoms with E-state index in [0.717, 1.165) is 12.4 Å². The maximum Gasteiger partial charge on any atom is 0.407 e. The number of benzene rings is 1. The molecule has 0 radical (unpaired) electrons. The second-order valence-electron chi connectivity index (χ2n) is 12.5.